The van der Waals surface area contributed by atoms with Crippen LogP contribution in [0.25, 0.3) is 0 Å². The van der Waals surface area contributed by atoms with Crippen molar-refractivity contribution < 1.29 is 9.47 Å². The predicted molar refractivity (Wildman–Crippen MR) is 76.4 cm³/mol. The Balaban J connectivity index is 2.20. The molecule has 1 atom stereocenters. The fraction of sp³-hybridized carbons (Fsp3) is 0.250. The van der Waals surface area contributed by atoms with Crippen LogP contribution in [0.5, 0.6) is 11.5 Å². The molecule has 0 bridgehead atoms. The second kappa shape index (κ2) is 6.25. The molecule has 0 saturated heterocycles. The summed E-state index contributed by atoms with van der Waals surface area (Å²) in [5, 5.41) is 0. The number of nitrogens with two attached hydrogens (primary N) is 1. The second-order valence-electron chi connectivity index (χ2n) is 4.44. The highest BCUT2D eigenvalue weighted by Crippen LogP contribution is 2.33. The van der Waals surface area contributed by atoms with Gasteiger partial charge in [-0.2, -0.15) is 0 Å². The van der Waals surface area contributed by atoms with E-state index in [0.29, 0.717) is 6.61 Å². The maximum absolute atomic E-state index is 6.00. The van der Waals surface area contributed by atoms with Gasteiger partial charge in [-0.15, -0.1) is 0 Å². The molecule has 3 nitrogen and oxygen atoms in total. The minimum atomic E-state index is -0.137. The van der Waals surface area contributed by atoms with Gasteiger partial charge in [0, 0.05) is 6.04 Å². The number of ether oxygens (including phenoxy) is 2. The third-order valence-electron chi connectivity index (χ3n) is 2.94. The third-order valence-corrected chi connectivity index (χ3v) is 2.94. The Morgan fingerprint density at radius 3 is 2.32 bits per heavy atom. The molecule has 0 heterocycles. The van der Waals surface area contributed by atoms with Crippen LogP contribution < -0.4 is 15.2 Å². The summed E-state index contributed by atoms with van der Waals surface area (Å²) in [4.78, 5) is 0. The zero-order chi connectivity index (χ0) is 13.7. The molecule has 100 valence electrons. The first kappa shape index (κ1) is 13.4. The summed E-state index contributed by atoms with van der Waals surface area (Å²) >= 11 is 0. The summed E-state index contributed by atoms with van der Waals surface area (Å²) in [5.41, 5.74) is 8.03. The minimum Gasteiger partial charge on any atom is -0.496 e. The number of benzene rings is 2. The predicted octanol–water partition coefficient (Wildman–Crippen LogP) is 3.29. The van der Waals surface area contributed by atoms with Gasteiger partial charge in [0.25, 0.3) is 0 Å². The molecule has 0 radical (unpaired) electrons. The van der Waals surface area contributed by atoms with Gasteiger partial charge >= 0.3 is 0 Å². The summed E-state index contributed by atoms with van der Waals surface area (Å²) in [6.45, 7) is 2.45. The van der Waals surface area contributed by atoms with Crippen LogP contribution in [0.15, 0.2) is 48.5 Å². The molecule has 0 spiro atoms. The zero-order valence-electron chi connectivity index (χ0n) is 11.3. The Labute approximate surface area is 114 Å². The lowest BCUT2D eigenvalue weighted by atomic mass is 10.1. The molecule has 0 aliphatic rings. The lowest BCUT2D eigenvalue weighted by Gasteiger charge is -2.17. The Morgan fingerprint density at radius 2 is 1.68 bits per heavy atom. The van der Waals surface area contributed by atoms with Crippen LogP contribution in [0.1, 0.15) is 24.1 Å². The maximum Gasteiger partial charge on any atom is 0.128 e. The molecule has 0 aromatic heterocycles. The van der Waals surface area contributed by atoms with Crippen molar-refractivity contribution in [1.29, 1.82) is 0 Å². The van der Waals surface area contributed by atoms with Gasteiger partial charge in [-0.3, -0.25) is 0 Å². The lowest BCUT2D eigenvalue weighted by Crippen LogP contribution is -2.10. The van der Waals surface area contributed by atoms with Crippen LogP contribution in [-0.4, -0.2) is 7.11 Å². The van der Waals surface area contributed by atoms with Crippen molar-refractivity contribution in [3.8, 4) is 11.5 Å². The van der Waals surface area contributed by atoms with E-state index in [-0.39, 0.29) is 6.04 Å². The van der Waals surface area contributed by atoms with E-state index in [1.54, 1.807) is 7.11 Å². The molecule has 0 amide bonds. The monoisotopic (exact) mass is 257 g/mol. The van der Waals surface area contributed by atoms with Gasteiger partial charge < -0.3 is 15.2 Å². The zero-order valence-corrected chi connectivity index (χ0v) is 11.3. The van der Waals surface area contributed by atoms with Crippen molar-refractivity contribution in [2.75, 3.05) is 7.11 Å². The second-order valence-corrected chi connectivity index (χ2v) is 4.44. The fourth-order valence-corrected chi connectivity index (χ4v) is 2.01. The van der Waals surface area contributed by atoms with Crippen molar-refractivity contribution in [3.05, 3.63) is 59.7 Å². The van der Waals surface area contributed by atoms with Crippen LogP contribution in [0.2, 0.25) is 0 Å². The Kier molecular flexibility index (Phi) is 4.42. The van der Waals surface area contributed by atoms with Gasteiger partial charge in [0.2, 0.25) is 0 Å². The van der Waals surface area contributed by atoms with Crippen molar-refractivity contribution in [2.45, 2.75) is 19.6 Å². The summed E-state index contributed by atoms with van der Waals surface area (Å²) in [6, 6.07) is 15.6. The normalized spacial score (nSPS) is 11.9. The smallest absolute Gasteiger partial charge is 0.128 e. The van der Waals surface area contributed by atoms with Crippen LogP contribution >= 0.6 is 0 Å². The van der Waals surface area contributed by atoms with Gasteiger partial charge in [-0.05, 0) is 24.6 Å². The topological polar surface area (TPSA) is 44.5 Å². The molecule has 3 heteroatoms. The van der Waals surface area contributed by atoms with Gasteiger partial charge in [0.1, 0.15) is 18.1 Å². The largest absolute Gasteiger partial charge is 0.496 e. The highest BCUT2D eigenvalue weighted by molar-refractivity contribution is 5.46. The number of rotatable bonds is 5. The van der Waals surface area contributed by atoms with Crippen LogP contribution in [-0.2, 0) is 6.61 Å². The van der Waals surface area contributed by atoms with E-state index in [2.05, 4.69) is 0 Å². The van der Waals surface area contributed by atoms with Crippen LogP contribution in [0.3, 0.4) is 0 Å². The fourth-order valence-electron chi connectivity index (χ4n) is 2.01. The summed E-state index contributed by atoms with van der Waals surface area (Å²) in [7, 11) is 1.64. The summed E-state index contributed by atoms with van der Waals surface area (Å²) in [5.74, 6) is 1.54. The molecule has 2 rings (SSSR count). The first-order valence-electron chi connectivity index (χ1n) is 6.31. The van der Waals surface area contributed by atoms with Crippen molar-refractivity contribution >= 4 is 0 Å². The van der Waals surface area contributed by atoms with E-state index >= 15 is 0 Å². The minimum absolute atomic E-state index is 0.137. The molecule has 2 aromatic carbocycles. The highest BCUT2D eigenvalue weighted by Gasteiger charge is 2.14. The molecule has 2 N–H and O–H groups in total. The van der Waals surface area contributed by atoms with Crippen LogP contribution in [0.4, 0.5) is 0 Å². The first-order valence-corrected chi connectivity index (χ1v) is 6.31. The lowest BCUT2D eigenvalue weighted by molar-refractivity contribution is 0.297. The first-order chi connectivity index (χ1) is 9.22. The van der Waals surface area contributed by atoms with Crippen molar-refractivity contribution in [1.82, 2.24) is 0 Å². The number of hydrogen-bond donors (Lipinski definition) is 1. The molecular formula is C16H19NO2. The van der Waals surface area contributed by atoms with E-state index in [1.807, 2.05) is 55.5 Å². The molecule has 0 aliphatic heterocycles. The molecule has 0 aliphatic carbocycles. The third kappa shape index (κ3) is 3.26. The van der Waals surface area contributed by atoms with E-state index in [0.717, 1.165) is 22.6 Å². The Morgan fingerprint density at radius 1 is 1.00 bits per heavy atom. The average Bonchev–Trinajstić information content (AvgIpc) is 2.45. The molecule has 19 heavy (non-hydrogen) atoms. The van der Waals surface area contributed by atoms with Gasteiger partial charge in [0.05, 0.1) is 12.7 Å². The molecule has 0 fully saturated rings. The van der Waals surface area contributed by atoms with E-state index in [1.165, 1.54) is 0 Å². The van der Waals surface area contributed by atoms with Gasteiger partial charge in [-0.1, -0.05) is 36.4 Å². The van der Waals surface area contributed by atoms with Crippen molar-refractivity contribution in [3.63, 3.8) is 0 Å². The quantitative estimate of drug-likeness (QED) is 0.893. The van der Waals surface area contributed by atoms with Gasteiger partial charge in [-0.25, -0.2) is 0 Å². The van der Waals surface area contributed by atoms with E-state index in [9.17, 15) is 0 Å². The molecule has 2 aromatic rings. The Bertz CT molecular complexity index is 524. The van der Waals surface area contributed by atoms with E-state index in [4.69, 9.17) is 15.2 Å². The van der Waals surface area contributed by atoms with Crippen LogP contribution in [0, 0.1) is 0 Å². The van der Waals surface area contributed by atoms with Crippen molar-refractivity contribution in [2.24, 2.45) is 5.73 Å². The standard InChI is InChI=1S/C16H19NO2/c1-12(17)16-14(18-2)9-6-10-15(16)19-11-13-7-4-3-5-8-13/h3-10,12H,11,17H2,1-2H3/t12-/m1/s1. The highest BCUT2D eigenvalue weighted by atomic mass is 16.5. The number of methoxy groups -OCH3 is 1. The van der Waals surface area contributed by atoms with E-state index < -0.39 is 0 Å². The SMILES string of the molecule is COc1cccc(OCc2ccccc2)c1[C@@H](C)N. The number of hydrogen-bond acceptors (Lipinski definition) is 3. The Hall–Kier alpha value is -2.00. The molecule has 0 unspecified atom stereocenters. The maximum atomic E-state index is 6.00. The summed E-state index contributed by atoms with van der Waals surface area (Å²) in [6.07, 6.45) is 0. The van der Waals surface area contributed by atoms with Gasteiger partial charge in [0.15, 0.2) is 0 Å². The summed E-state index contributed by atoms with van der Waals surface area (Å²) < 4.78 is 11.2. The molecule has 0 saturated carbocycles. The average molecular weight is 257 g/mol. The molecular weight excluding hydrogens is 238 g/mol.